The summed E-state index contributed by atoms with van der Waals surface area (Å²) < 4.78 is 19.1. The molecule has 0 aromatic rings. The quantitative estimate of drug-likeness (QED) is 0.424. The van der Waals surface area contributed by atoms with Gasteiger partial charge in [0.25, 0.3) is 0 Å². The van der Waals surface area contributed by atoms with E-state index in [4.69, 9.17) is 14.2 Å². The maximum absolute atomic E-state index is 14.2. The minimum atomic E-state index is -0.468. The van der Waals surface area contributed by atoms with Crippen LogP contribution in [-0.4, -0.2) is 36.4 Å². The maximum Gasteiger partial charge on any atom is 0.306 e. The van der Waals surface area contributed by atoms with E-state index in [1.807, 2.05) is 6.92 Å². The van der Waals surface area contributed by atoms with Crippen molar-refractivity contribution in [1.82, 2.24) is 0 Å². The van der Waals surface area contributed by atoms with Gasteiger partial charge in [-0.15, -0.1) is 0 Å². The predicted octanol–water partition coefficient (Wildman–Crippen LogP) is 6.32. The van der Waals surface area contributed by atoms with Crippen molar-refractivity contribution in [2.75, 3.05) is 6.61 Å². The largest absolute Gasteiger partial charge is 0.462 e. The molecule has 0 radical (unpaired) electrons. The van der Waals surface area contributed by atoms with Gasteiger partial charge in [-0.05, 0) is 86.4 Å². The number of hydrogen-bond acceptors (Lipinski definition) is 5. The van der Waals surface area contributed by atoms with E-state index in [9.17, 15) is 9.59 Å². The van der Waals surface area contributed by atoms with Gasteiger partial charge in [-0.25, -0.2) is 0 Å². The molecule has 0 bridgehead atoms. The first-order valence-corrected chi connectivity index (χ1v) is 15.2. The Labute approximate surface area is 217 Å². The molecule has 0 amide bonds. The number of hydrogen-bond donors (Lipinski definition) is 0. The second-order valence-electron chi connectivity index (χ2n) is 14.2. The van der Waals surface area contributed by atoms with Crippen molar-refractivity contribution in [2.45, 2.75) is 123 Å². The zero-order chi connectivity index (χ0) is 25.5. The van der Waals surface area contributed by atoms with Gasteiger partial charge in [0.1, 0.15) is 11.9 Å². The molecule has 6 fully saturated rings. The number of Topliss-reactive ketones (excluding diaryl/α,β-unsaturated/α-hetero) is 1. The molecule has 36 heavy (non-hydrogen) atoms. The van der Waals surface area contributed by atoms with Crippen LogP contribution >= 0.6 is 0 Å². The van der Waals surface area contributed by atoms with Crippen LogP contribution in [-0.2, 0) is 23.8 Å². The Morgan fingerprint density at radius 2 is 1.86 bits per heavy atom. The van der Waals surface area contributed by atoms with E-state index in [-0.39, 0.29) is 40.8 Å². The van der Waals surface area contributed by atoms with Gasteiger partial charge in [-0.1, -0.05) is 34.6 Å². The van der Waals surface area contributed by atoms with Gasteiger partial charge in [-0.2, -0.15) is 0 Å². The predicted molar refractivity (Wildman–Crippen MR) is 137 cm³/mol. The fourth-order valence-electron chi connectivity index (χ4n) is 10.5. The molecule has 2 saturated heterocycles. The lowest BCUT2D eigenvalue weighted by Gasteiger charge is -2.60. The Morgan fingerprint density at radius 1 is 1.06 bits per heavy atom. The van der Waals surface area contributed by atoms with Crippen molar-refractivity contribution in [3.05, 3.63) is 0 Å². The van der Waals surface area contributed by atoms with E-state index >= 15 is 0 Å². The van der Waals surface area contributed by atoms with Crippen LogP contribution in [0, 0.1) is 52.3 Å². The van der Waals surface area contributed by atoms with Crippen LogP contribution in [0.5, 0.6) is 0 Å². The highest BCUT2D eigenvalue weighted by atomic mass is 16.7. The first-order chi connectivity index (χ1) is 17.1. The monoisotopic (exact) mass is 500 g/mol. The summed E-state index contributed by atoms with van der Waals surface area (Å²) >= 11 is 0. The Bertz CT molecular complexity index is 891. The zero-order valence-corrected chi connectivity index (χ0v) is 23.2. The number of ether oxygens (including phenoxy) is 3. The third kappa shape index (κ3) is 3.53. The molecule has 0 aromatic carbocycles. The smallest absolute Gasteiger partial charge is 0.306 e. The molecule has 4 saturated carbocycles. The number of rotatable bonds is 3. The highest BCUT2D eigenvalue weighted by Crippen LogP contribution is 2.70. The third-order valence-corrected chi connectivity index (χ3v) is 12.5. The number of carbonyl (C=O) groups is 2. The van der Waals surface area contributed by atoms with Crippen molar-refractivity contribution in [3.8, 4) is 0 Å². The first-order valence-electron chi connectivity index (χ1n) is 15.2. The molecule has 202 valence electrons. The van der Waals surface area contributed by atoms with E-state index in [1.165, 1.54) is 12.8 Å². The van der Waals surface area contributed by atoms with Gasteiger partial charge in [0, 0.05) is 36.5 Å². The highest BCUT2D eigenvalue weighted by molar-refractivity contribution is 5.87. The SMILES string of the molecule is CCCC(=O)O[C@@H]1CC[C@@]2(C)[C@@H](CC[C@@H]3[C@H]2CC(=O)[C@]2(C)[C@H]4[C@H](C[C@H]32)O[C@]2(CC[C@H](C)CO2)[C@H]4C)C1. The summed E-state index contributed by atoms with van der Waals surface area (Å²) in [6.45, 7) is 12.2. The average Bonchev–Trinajstić information content (AvgIpc) is 3.28. The lowest BCUT2D eigenvalue weighted by atomic mass is 9.44. The second kappa shape index (κ2) is 8.79. The van der Waals surface area contributed by atoms with Gasteiger partial charge in [0.2, 0.25) is 0 Å². The number of carbonyl (C=O) groups excluding carboxylic acids is 2. The lowest BCUT2D eigenvalue weighted by Crippen LogP contribution is -2.58. The lowest BCUT2D eigenvalue weighted by molar-refractivity contribution is -0.272. The summed E-state index contributed by atoms with van der Waals surface area (Å²) in [7, 11) is 0. The summed E-state index contributed by atoms with van der Waals surface area (Å²) in [5, 5.41) is 0. The van der Waals surface area contributed by atoms with Crippen LogP contribution in [0.4, 0.5) is 0 Å². The van der Waals surface area contributed by atoms with Crippen LogP contribution in [0.15, 0.2) is 0 Å². The molecule has 1 spiro atoms. The van der Waals surface area contributed by atoms with Crippen LogP contribution < -0.4 is 0 Å². The van der Waals surface area contributed by atoms with E-state index in [2.05, 4.69) is 27.7 Å². The molecule has 5 heteroatoms. The molecule has 0 unspecified atom stereocenters. The molecule has 6 aliphatic rings. The van der Waals surface area contributed by atoms with Crippen LogP contribution in [0.1, 0.15) is 105 Å². The van der Waals surface area contributed by atoms with Gasteiger partial charge < -0.3 is 14.2 Å². The molecule has 0 N–H and O–H groups in total. The van der Waals surface area contributed by atoms with Crippen LogP contribution in [0.2, 0.25) is 0 Å². The van der Waals surface area contributed by atoms with E-state index < -0.39 is 5.79 Å². The molecule has 5 nitrogen and oxygen atoms in total. The van der Waals surface area contributed by atoms with Crippen LogP contribution in [0.3, 0.4) is 0 Å². The van der Waals surface area contributed by atoms with Gasteiger partial charge >= 0.3 is 5.97 Å². The minimum absolute atomic E-state index is 0.0378. The minimum Gasteiger partial charge on any atom is -0.462 e. The summed E-state index contributed by atoms with van der Waals surface area (Å²) in [6, 6.07) is 0. The number of fused-ring (bicyclic) bond motifs is 7. The highest BCUT2D eigenvalue weighted by Gasteiger charge is 2.71. The Morgan fingerprint density at radius 3 is 2.58 bits per heavy atom. The van der Waals surface area contributed by atoms with E-state index in [0.717, 1.165) is 58.0 Å². The molecule has 6 rings (SSSR count). The van der Waals surface area contributed by atoms with E-state index in [1.54, 1.807) is 0 Å². The molecule has 0 aromatic heterocycles. The second-order valence-corrected chi connectivity index (χ2v) is 14.2. The summed E-state index contributed by atoms with van der Waals surface area (Å²) in [6.07, 6.45) is 10.9. The van der Waals surface area contributed by atoms with Crippen molar-refractivity contribution >= 4 is 11.8 Å². The Balaban J connectivity index is 1.21. The Hall–Kier alpha value is -0.940. The van der Waals surface area contributed by atoms with Gasteiger partial charge in [0.15, 0.2) is 5.79 Å². The fraction of sp³-hybridized carbons (Fsp3) is 0.935. The van der Waals surface area contributed by atoms with Gasteiger partial charge in [-0.3, -0.25) is 9.59 Å². The normalized spacial score (nSPS) is 53.9. The van der Waals surface area contributed by atoms with E-state index in [0.29, 0.717) is 41.8 Å². The van der Waals surface area contributed by atoms with Crippen molar-refractivity contribution in [2.24, 2.45) is 52.3 Å². The Kier molecular flexibility index (Phi) is 6.19. The van der Waals surface area contributed by atoms with Crippen molar-refractivity contribution in [3.63, 3.8) is 0 Å². The van der Waals surface area contributed by atoms with Gasteiger partial charge in [0.05, 0.1) is 12.7 Å². The topological polar surface area (TPSA) is 61.8 Å². The summed E-state index contributed by atoms with van der Waals surface area (Å²) in [5.41, 5.74) is -0.0984. The molecular weight excluding hydrogens is 452 g/mol. The summed E-state index contributed by atoms with van der Waals surface area (Å²) in [5.74, 6) is 3.19. The molecule has 4 aliphatic carbocycles. The van der Waals surface area contributed by atoms with Crippen LogP contribution in [0.25, 0.3) is 0 Å². The maximum atomic E-state index is 14.2. The summed E-state index contributed by atoms with van der Waals surface area (Å²) in [4.78, 5) is 26.3. The number of esters is 1. The van der Waals surface area contributed by atoms with Crippen molar-refractivity contribution in [1.29, 1.82) is 0 Å². The molecule has 2 heterocycles. The standard InChI is InChI=1S/C31H48O5/c1-6-7-27(33)35-21-11-12-29(4)20(14-21)8-9-22-23(29)16-26(32)30(5)24(22)15-25-28(30)19(3)31(36-25)13-10-18(2)17-34-31/h18-25,28H,6-17H2,1-5H3/t18-,19-,20-,21+,22+,23+,24+,25-,28+,29-,30+,31+/m0/s1. The average molecular weight is 501 g/mol. The number of ketones is 1. The zero-order valence-electron chi connectivity index (χ0n) is 23.2. The molecule has 2 aliphatic heterocycles. The fourth-order valence-corrected chi connectivity index (χ4v) is 10.5. The van der Waals surface area contributed by atoms with Crippen molar-refractivity contribution < 1.29 is 23.8 Å². The third-order valence-electron chi connectivity index (χ3n) is 12.5. The molecular formula is C31H48O5. The molecule has 12 atom stereocenters. The first kappa shape index (κ1) is 25.3.